The fourth-order valence-corrected chi connectivity index (χ4v) is 3.07. The number of imide groups is 1. The summed E-state index contributed by atoms with van der Waals surface area (Å²) in [4.78, 5) is 31.2. The van der Waals surface area contributed by atoms with Crippen molar-refractivity contribution in [3.05, 3.63) is 59.8 Å². The Morgan fingerprint density at radius 2 is 2.17 bits per heavy atom. The molecule has 0 radical (unpaired) electrons. The lowest BCUT2D eigenvalue weighted by Gasteiger charge is -2.13. The number of H-pyrrole nitrogens is 1. The molecule has 1 aliphatic heterocycles. The molecule has 0 spiro atoms. The van der Waals surface area contributed by atoms with Crippen molar-refractivity contribution in [2.24, 2.45) is 0 Å². The molecule has 7 heteroatoms. The van der Waals surface area contributed by atoms with Crippen LogP contribution < -0.4 is 0 Å². The average molecular weight is 326 g/mol. The number of aromatic nitrogens is 3. The van der Waals surface area contributed by atoms with Gasteiger partial charge in [-0.25, -0.2) is 4.98 Å². The number of rotatable bonds is 6. The largest absolute Gasteiger partial charge is 0.273 e. The summed E-state index contributed by atoms with van der Waals surface area (Å²) in [5.41, 5.74) is 1.22. The van der Waals surface area contributed by atoms with Gasteiger partial charge in [-0.2, -0.15) is 5.10 Å². The van der Waals surface area contributed by atoms with Gasteiger partial charge < -0.3 is 0 Å². The third-order valence-electron chi connectivity index (χ3n) is 3.44. The van der Waals surface area contributed by atoms with Crippen LogP contribution in [0, 0.1) is 0 Å². The second-order valence-corrected chi connectivity index (χ2v) is 6.07. The van der Waals surface area contributed by atoms with Gasteiger partial charge in [-0.1, -0.05) is 25.3 Å². The summed E-state index contributed by atoms with van der Waals surface area (Å²) >= 11 is 1.48. The third kappa shape index (κ3) is 2.70. The number of carbonyl (C=O) groups excluding carboxylic acids is 2. The lowest BCUT2D eigenvalue weighted by molar-refractivity contribution is 0.0665. The summed E-state index contributed by atoms with van der Waals surface area (Å²) in [6, 6.07) is 0. The molecule has 2 aromatic rings. The first-order valence-corrected chi connectivity index (χ1v) is 7.91. The molecule has 0 saturated carbocycles. The van der Waals surface area contributed by atoms with E-state index in [0.29, 0.717) is 34.5 Å². The summed E-state index contributed by atoms with van der Waals surface area (Å²) in [6.45, 7) is 7.79. The Hall–Kier alpha value is -2.67. The van der Waals surface area contributed by atoms with Crippen molar-refractivity contribution < 1.29 is 9.59 Å². The van der Waals surface area contributed by atoms with Gasteiger partial charge in [0.05, 0.1) is 22.7 Å². The summed E-state index contributed by atoms with van der Waals surface area (Å²) in [5.74, 6) is -0.0339. The molecular weight excluding hydrogens is 312 g/mol. The van der Waals surface area contributed by atoms with Crippen LogP contribution in [0.15, 0.2) is 48.7 Å². The standard InChI is InChI=1S/C16H14N4O2S/c1-3-4-5-10(2)23-7-6-20-15(21)12-8-17-14-11(9-18-19-14)13(12)16(20)22/h3-5,8-9H,1-2,6-7H2,(H,17,18,19)/b5-4-. The van der Waals surface area contributed by atoms with E-state index in [2.05, 4.69) is 28.3 Å². The van der Waals surface area contributed by atoms with Crippen LogP contribution in [0.25, 0.3) is 11.0 Å². The first kappa shape index (κ1) is 15.2. The van der Waals surface area contributed by atoms with Gasteiger partial charge in [0.15, 0.2) is 5.65 Å². The number of thioether (sulfide) groups is 1. The zero-order valence-electron chi connectivity index (χ0n) is 12.3. The van der Waals surface area contributed by atoms with Gasteiger partial charge in [0.1, 0.15) is 0 Å². The van der Waals surface area contributed by atoms with E-state index in [1.165, 1.54) is 29.1 Å². The molecule has 6 nitrogen and oxygen atoms in total. The monoisotopic (exact) mass is 326 g/mol. The van der Waals surface area contributed by atoms with Gasteiger partial charge in [0.25, 0.3) is 11.8 Å². The zero-order chi connectivity index (χ0) is 16.4. The van der Waals surface area contributed by atoms with Crippen molar-refractivity contribution >= 4 is 34.6 Å². The van der Waals surface area contributed by atoms with Crippen LogP contribution in [-0.2, 0) is 0 Å². The van der Waals surface area contributed by atoms with Crippen molar-refractivity contribution in [1.29, 1.82) is 0 Å². The highest BCUT2D eigenvalue weighted by atomic mass is 32.2. The Labute approximate surface area is 137 Å². The van der Waals surface area contributed by atoms with Crippen molar-refractivity contribution in [3.63, 3.8) is 0 Å². The first-order valence-electron chi connectivity index (χ1n) is 6.92. The molecule has 23 heavy (non-hydrogen) atoms. The van der Waals surface area contributed by atoms with E-state index in [1.54, 1.807) is 12.2 Å². The summed E-state index contributed by atoms with van der Waals surface area (Å²) in [5, 5.41) is 7.16. The SMILES string of the molecule is C=C/C=C\C(=C)SCCN1C(=O)c2cnc3[nH]ncc3c2C1=O. The molecule has 0 unspecified atom stereocenters. The number of nitrogens with zero attached hydrogens (tertiary/aromatic N) is 3. The van der Waals surface area contributed by atoms with Gasteiger partial charge in [-0.15, -0.1) is 11.8 Å². The fraction of sp³-hybridized carbons (Fsp3) is 0.125. The first-order chi connectivity index (χ1) is 11.1. The van der Waals surface area contributed by atoms with Crippen LogP contribution in [0.5, 0.6) is 0 Å². The van der Waals surface area contributed by atoms with Crippen LogP contribution in [-0.4, -0.2) is 44.2 Å². The van der Waals surface area contributed by atoms with Crippen molar-refractivity contribution in [2.45, 2.75) is 0 Å². The van der Waals surface area contributed by atoms with E-state index in [9.17, 15) is 9.59 Å². The molecule has 0 aromatic carbocycles. The highest BCUT2D eigenvalue weighted by Crippen LogP contribution is 2.28. The van der Waals surface area contributed by atoms with Crippen LogP contribution in [0.4, 0.5) is 0 Å². The molecule has 0 aliphatic carbocycles. The minimum absolute atomic E-state index is 0.299. The van der Waals surface area contributed by atoms with Crippen LogP contribution in [0.3, 0.4) is 0 Å². The number of aromatic amines is 1. The van der Waals surface area contributed by atoms with Crippen LogP contribution in [0.1, 0.15) is 20.7 Å². The minimum Gasteiger partial charge on any atom is -0.273 e. The second-order valence-electron chi connectivity index (χ2n) is 4.85. The number of nitrogens with one attached hydrogen (secondary N) is 1. The van der Waals surface area contributed by atoms with Gasteiger partial charge in [0, 0.05) is 23.4 Å². The number of fused-ring (bicyclic) bond motifs is 3. The van der Waals surface area contributed by atoms with Gasteiger partial charge >= 0.3 is 0 Å². The topological polar surface area (TPSA) is 79.0 Å². The quantitative estimate of drug-likeness (QED) is 0.652. The van der Waals surface area contributed by atoms with Crippen molar-refractivity contribution in [2.75, 3.05) is 12.3 Å². The second kappa shape index (κ2) is 6.21. The molecule has 0 bridgehead atoms. The molecule has 2 aromatic heterocycles. The Bertz CT molecular complexity index is 853. The van der Waals surface area contributed by atoms with E-state index >= 15 is 0 Å². The van der Waals surface area contributed by atoms with E-state index < -0.39 is 0 Å². The number of allylic oxidation sites excluding steroid dienone is 3. The van der Waals surface area contributed by atoms with E-state index in [0.717, 1.165) is 4.91 Å². The molecule has 3 rings (SSSR count). The molecule has 1 aliphatic rings. The van der Waals surface area contributed by atoms with Gasteiger partial charge in [0.2, 0.25) is 0 Å². The maximum Gasteiger partial charge on any atom is 0.263 e. The van der Waals surface area contributed by atoms with Crippen molar-refractivity contribution in [3.8, 4) is 0 Å². The smallest absolute Gasteiger partial charge is 0.263 e. The summed E-state index contributed by atoms with van der Waals surface area (Å²) < 4.78 is 0. The molecule has 116 valence electrons. The maximum absolute atomic E-state index is 12.5. The van der Waals surface area contributed by atoms with Gasteiger partial charge in [-0.05, 0) is 6.08 Å². The lowest BCUT2D eigenvalue weighted by atomic mass is 10.1. The number of hydrogen-bond acceptors (Lipinski definition) is 5. The number of amides is 2. The fourth-order valence-electron chi connectivity index (χ4n) is 2.36. The van der Waals surface area contributed by atoms with E-state index in [1.807, 2.05) is 6.08 Å². The molecular formula is C16H14N4O2S. The maximum atomic E-state index is 12.5. The Balaban J connectivity index is 1.74. The normalized spacial score (nSPS) is 14.0. The summed E-state index contributed by atoms with van der Waals surface area (Å²) in [7, 11) is 0. The predicted molar refractivity (Wildman–Crippen MR) is 90.2 cm³/mol. The minimum atomic E-state index is -0.312. The third-order valence-corrected chi connectivity index (χ3v) is 4.33. The number of pyridine rings is 1. The van der Waals surface area contributed by atoms with Crippen LogP contribution >= 0.6 is 11.8 Å². The lowest BCUT2D eigenvalue weighted by Crippen LogP contribution is -2.31. The van der Waals surface area contributed by atoms with Crippen LogP contribution in [0.2, 0.25) is 0 Å². The molecule has 0 fully saturated rings. The Morgan fingerprint density at radius 1 is 1.35 bits per heavy atom. The van der Waals surface area contributed by atoms with Gasteiger partial charge in [-0.3, -0.25) is 19.6 Å². The highest BCUT2D eigenvalue weighted by Gasteiger charge is 2.37. The van der Waals surface area contributed by atoms with Crippen molar-refractivity contribution in [1.82, 2.24) is 20.1 Å². The zero-order valence-corrected chi connectivity index (χ0v) is 13.1. The van der Waals surface area contributed by atoms with E-state index in [-0.39, 0.29) is 11.8 Å². The van der Waals surface area contributed by atoms with E-state index in [4.69, 9.17) is 0 Å². The average Bonchev–Trinajstić information content (AvgIpc) is 3.11. The predicted octanol–water partition coefficient (Wildman–Crippen LogP) is 2.54. The molecule has 3 heterocycles. The molecule has 1 N–H and O–H groups in total. The Kier molecular flexibility index (Phi) is 4.12. The Morgan fingerprint density at radius 3 is 2.96 bits per heavy atom. The molecule has 0 saturated heterocycles. The molecule has 0 atom stereocenters. The number of hydrogen-bond donors (Lipinski definition) is 1. The number of carbonyl (C=O) groups is 2. The highest BCUT2D eigenvalue weighted by molar-refractivity contribution is 8.03. The molecule has 2 amide bonds. The summed E-state index contributed by atoms with van der Waals surface area (Å²) in [6.07, 6.45) is 8.23.